The molecule has 64 heavy (non-hydrogen) atoms. The van der Waals surface area contributed by atoms with E-state index >= 15 is 4.39 Å². The zero-order valence-electron chi connectivity index (χ0n) is 37.4. The second-order valence-electron chi connectivity index (χ2n) is 18.3. The largest absolute Gasteiger partial charge is 0.458 e. The number of carbonyl (C=O) groups excluding carboxylic acids is 2. The van der Waals surface area contributed by atoms with E-state index in [4.69, 9.17) is 25.8 Å². The molecule has 0 radical (unpaired) electrons. The van der Waals surface area contributed by atoms with Crippen LogP contribution < -0.4 is 20.0 Å². The average molecular weight is 908 g/mol. The van der Waals surface area contributed by atoms with Crippen molar-refractivity contribution >= 4 is 74.0 Å². The smallest absolute Gasteiger partial charge is 0.329 e. The fourth-order valence-corrected chi connectivity index (χ4v) is 8.63. The van der Waals surface area contributed by atoms with Gasteiger partial charge in [0.05, 0.1) is 69.5 Å². The molecule has 2 aromatic carbocycles. The second kappa shape index (κ2) is 18.6. The highest BCUT2D eigenvalue weighted by Crippen LogP contribution is 2.40. The highest BCUT2D eigenvalue weighted by molar-refractivity contribution is 6.36. The van der Waals surface area contributed by atoms with E-state index in [1.54, 1.807) is 19.3 Å². The maximum Gasteiger partial charge on any atom is 0.329 e. The third kappa shape index (κ3) is 10.2. The highest BCUT2D eigenvalue weighted by Gasteiger charge is 2.38. The van der Waals surface area contributed by atoms with E-state index in [0.29, 0.717) is 73.3 Å². The van der Waals surface area contributed by atoms with E-state index in [2.05, 4.69) is 25.2 Å². The molecule has 342 valence electrons. The van der Waals surface area contributed by atoms with Gasteiger partial charge in [0.1, 0.15) is 58.2 Å². The number of nitrogens with zero attached hydrogens (tertiary/aromatic N) is 6. The summed E-state index contributed by atoms with van der Waals surface area (Å²) in [4.78, 5) is 45.0. The number of rotatable bonds is 7. The van der Waals surface area contributed by atoms with E-state index in [0.717, 1.165) is 49.8 Å². The van der Waals surface area contributed by atoms with Gasteiger partial charge in [-0.3, -0.25) is 4.98 Å². The molecule has 0 saturated carbocycles. The fraction of sp³-hybridized carbons (Fsp3) is 0.468. The highest BCUT2D eigenvalue weighted by atomic mass is 35.5. The molecule has 17 heteroatoms. The van der Waals surface area contributed by atoms with Gasteiger partial charge in [0.25, 0.3) is 0 Å². The van der Waals surface area contributed by atoms with Gasteiger partial charge in [-0.1, -0.05) is 11.6 Å². The van der Waals surface area contributed by atoms with Crippen LogP contribution in [0.1, 0.15) is 78.4 Å². The van der Waals surface area contributed by atoms with Crippen molar-refractivity contribution in [3.63, 3.8) is 0 Å². The number of nitrogens with one attached hydrogen (secondary N) is 1. The Hall–Kier alpha value is -5.48. The predicted octanol–water partition coefficient (Wildman–Crippen LogP) is 9.89. The number of hydrogen-bond acceptors (Lipinski definition) is 12. The molecular formula is C47H54ClF4N7O5. The van der Waals surface area contributed by atoms with Crippen molar-refractivity contribution in [1.29, 1.82) is 0 Å². The number of carbonyl (C=O) groups is 2. The van der Waals surface area contributed by atoms with Gasteiger partial charge in [-0.25, -0.2) is 37.1 Å². The van der Waals surface area contributed by atoms with Crippen molar-refractivity contribution < 1.29 is 41.4 Å². The van der Waals surface area contributed by atoms with Crippen LogP contribution in [0, 0.1) is 37.1 Å². The van der Waals surface area contributed by atoms with Crippen LogP contribution in [-0.4, -0.2) is 89.6 Å². The lowest BCUT2D eigenvalue weighted by molar-refractivity contribution is -0.157. The summed E-state index contributed by atoms with van der Waals surface area (Å²) in [6.07, 6.45) is 6.25. The van der Waals surface area contributed by atoms with Gasteiger partial charge in [-0.15, -0.1) is 0 Å². The van der Waals surface area contributed by atoms with E-state index in [1.807, 2.05) is 64.3 Å². The van der Waals surface area contributed by atoms with Crippen molar-refractivity contribution in [3.05, 3.63) is 82.1 Å². The molecule has 0 amide bonds. The fourth-order valence-electron chi connectivity index (χ4n) is 8.36. The molecule has 3 aliphatic rings. The minimum atomic E-state index is -0.753. The summed E-state index contributed by atoms with van der Waals surface area (Å²) in [5, 5.41) is 3.78. The van der Waals surface area contributed by atoms with E-state index in [-0.39, 0.29) is 38.8 Å². The summed E-state index contributed by atoms with van der Waals surface area (Å²) in [5.74, 6) is -2.62. The third-order valence-corrected chi connectivity index (χ3v) is 11.6. The Labute approximate surface area is 375 Å². The van der Waals surface area contributed by atoms with Gasteiger partial charge >= 0.3 is 11.9 Å². The molecule has 0 aliphatic carbocycles. The van der Waals surface area contributed by atoms with Gasteiger partial charge in [0.15, 0.2) is 0 Å². The number of benzene rings is 2. The quantitative estimate of drug-likeness (QED) is 0.124. The lowest BCUT2D eigenvalue weighted by Gasteiger charge is -2.30. The maximum absolute atomic E-state index is 15.2. The van der Waals surface area contributed by atoms with Crippen LogP contribution in [0.25, 0.3) is 21.8 Å². The number of anilines is 5. The number of morpholine rings is 1. The van der Waals surface area contributed by atoms with Gasteiger partial charge in [-0.2, -0.15) is 0 Å². The average Bonchev–Trinajstić information content (AvgIpc) is 3.91. The van der Waals surface area contributed by atoms with Crippen LogP contribution in [0.5, 0.6) is 0 Å². The molecule has 3 aromatic heterocycles. The molecule has 3 fully saturated rings. The van der Waals surface area contributed by atoms with Crippen molar-refractivity contribution in [2.45, 2.75) is 104 Å². The molecule has 1 N–H and O–H groups in total. The topological polar surface area (TPSA) is 122 Å². The van der Waals surface area contributed by atoms with Crippen LogP contribution in [0.15, 0.2) is 42.7 Å². The Balaban J connectivity index is 0.000000206. The first-order valence-electron chi connectivity index (χ1n) is 21.5. The van der Waals surface area contributed by atoms with Crippen LogP contribution in [0.3, 0.4) is 0 Å². The minimum Gasteiger partial charge on any atom is -0.458 e. The van der Waals surface area contributed by atoms with E-state index in [1.165, 1.54) is 6.07 Å². The molecule has 0 bridgehead atoms. The van der Waals surface area contributed by atoms with E-state index < -0.39 is 46.6 Å². The first-order chi connectivity index (χ1) is 30.2. The number of halogens is 5. The molecular weight excluding hydrogens is 854 g/mol. The van der Waals surface area contributed by atoms with Gasteiger partial charge in [-0.05, 0) is 87.1 Å². The lowest BCUT2D eigenvalue weighted by Crippen LogP contribution is -2.41. The van der Waals surface area contributed by atoms with Gasteiger partial charge in [0.2, 0.25) is 0 Å². The molecule has 12 nitrogen and oxygen atoms in total. The van der Waals surface area contributed by atoms with Crippen molar-refractivity contribution in [2.24, 2.45) is 0 Å². The van der Waals surface area contributed by atoms with E-state index in [9.17, 15) is 22.8 Å². The lowest BCUT2D eigenvalue weighted by atomic mass is 10.1. The summed E-state index contributed by atoms with van der Waals surface area (Å²) in [6.45, 7) is 18.4. The molecule has 2 atom stereocenters. The molecule has 0 spiro atoms. The van der Waals surface area contributed by atoms with Crippen LogP contribution >= 0.6 is 11.6 Å². The standard InChI is InChI=1S/C28H33F2N5O3.C19H21ClF2N2O2/c1-17-25(32-19-14-20(16-31-15-19)34-8-10-37-11-9-34)24-21(30)12-18(29)13-22(24)33-26(17)35-7-5-6-23(35)27(36)38-28(2,3)4;1-10-16(20)15-12(22)8-11(21)9-13(15)23-17(10)24-7-5-6-14(24)18(25)26-19(2,3)4/h12-16,23H,5-11H2,1-4H3,(H,32,33);8-9,14H,5-7H2,1-4H3/t23-;14-/m11/s1. The first kappa shape index (κ1) is 46.5. The van der Waals surface area contributed by atoms with Crippen LogP contribution in [0.4, 0.5) is 46.3 Å². The van der Waals surface area contributed by atoms with Crippen molar-refractivity contribution in [1.82, 2.24) is 15.0 Å². The Morgan fingerprint density at radius 3 is 1.75 bits per heavy atom. The number of aromatic nitrogens is 3. The summed E-state index contributed by atoms with van der Waals surface area (Å²) in [6, 6.07) is 4.93. The number of pyridine rings is 3. The molecule has 6 heterocycles. The zero-order valence-corrected chi connectivity index (χ0v) is 38.1. The Morgan fingerprint density at radius 2 is 1.22 bits per heavy atom. The van der Waals surface area contributed by atoms with Crippen molar-refractivity contribution in [3.8, 4) is 0 Å². The Bertz CT molecular complexity index is 2580. The Kier molecular flexibility index (Phi) is 13.5. The maximum atomic E-state index is 15.2. The molecule has 3 aliphatic heterocycles. The molecule has 5 aromatic rings. The molecule has 3 saturated heterocycles. The normalized spacial score (nSPS) is 18.0. The SMILES string of the molecule is Cc1c(N2CCC[C@@H]2C(=O)OC(C)(C)C)nc2cc(F)cc(F)c2c1Cl.Cc1c(N2CCC[C@@H]2C(=O)OC(C)(C)C)nc2cc(F)cc(F)c2c1Nc1cncc(N2CCOCC2)c1. The Morgan fingerprint density at radius 1 is 0.719 bits per heavy atom. The number of fused-ring (bicyclic) bond motifs is 2. The van der Waals surface area contributed by atoms with Crippen LogP contribution in [-0.2, 0) is 23.8 Å². The van der Waals surface area contributed by atoms with Crippen LogP contribution in [0.2, 0.25) is 5.02 Å². The first-order valence-corrected chi connectivity index (χ1v) is 21.8. The minimum absolute atomic E-state index is 0.0855. The number of ether oxygens (including phenoxy) is 3. The third-order valence-electron chi connectivity index (χ3n) is 11.1. The summed E-state index contributed by atoms with van der Waals surface area (Å²) in [5.41, 5.74) is 2.31. The summed E-state index contributed by atoms with van der Waals surface area (Å²) < 4.78 is 73.9. The monoisotopic (exact) mass is 907 g/mol. The predicted molar refractivity (Wildman–Crippen MR) is 241 cm³/mol. The summed E-state index contributed by atoms with van der Waals surface area (Å²) in [7, 11) is 0. The number of hydrogen-bond donors (Lipinski definition) is 1. The molecule has 8 rings (SSSR count). The van der Waals surface area contributed by atoms with Gasteiger partial charge in [0, 0.05) is 61.6 Å². The second-order valence-corrected chi connectivity index (χ2v) is 18.7. The van der Waals surface area contributed by atoms with Gasteiger partial charge < -0.3 is 34.2 Å². The molecule has 0 unspecified atom stereocenters. The zero-order chi connectivity index (χ0) is 46.2. The number of esters is 2. The summed E-state index contributed by atoms with van der Waals surface area (Å²) >= 11 is 6.36. The van der Waals surface area contributed by atoms with Crippen molar-refractivity contribution in [2.75, 3.05) is 59.4 Å².